The van der Waals surface area contributed by atoms with Gasteiger partial charge in [0.15, 0.2) is 0 Å². The molecule has 0 atom stereocenters. The van der Waals surface area contributed by atoms with Gasteiger partial charge in [-0.15, -0.1) is 10.2 Å². The van der Waals surface area contributed by atoms with Crippen molar-refractivity contribution in [2.45, 2.75) is 39.7 Å². The van der Waals surface area contributed by atoms with Crippen LogP contribution in [0.1, 0.15) is 31.9 Å². The maximum atomic E-state index is 11.7. The van der Waals surface area contributed by atoms with Crippen molar-refractivity contribution in [3.8, 4) is 11.5 Å². The summed E-state index contributed by atoms with van der Waals surface area (Å²) in [6.07, 6.45) is 2.02. The summed E-state index contributed by atoms with van der Waals surface area (Å²) in [6.45, 7) is 5.47. The van der Waals surface area contributed by atoms with Gasteiger partial charge in [-0.25, -0.2) is 0 Å². The van der Waals surface area contributed by atoms with Gasteiger partial charge in [0.1, 0.15) is 5.76 Å². The fraction of sp³-hybridized carbons (Fsp3) is 0.467. The lowest BCUT2D eigenvalue weighted by Gasteiger charge is -2.08. The average molecular weight is 320 g/mol. The fourth-order valence-electron chi connectivity index (χ4n) is 1.93. The smallest absolute Gasteiger partial charge is 0.251 e. The molecule has 8 nitrogen and oxygen atoms in total. The topological polar surface area (TPSA) is 110 Å². The predicted molar refractivity (Wildman–Crippen MR) is 81.3 cm³/mol. The molecule has 0 aliphatic rings. The van der Waals surface area contributed by atoms with Crippen LogP contribution in [0.5, 0.6) is 0 Å². The molecule has 0 saturated carbocycles. The minimum atomic E-state index is -0.247. The SMILES string of the molecule is Cc1occc1-c1nnc(CCC(=O)NCC(=O)NC(C)C)o1. The van der Waals surface area contributed by atoms with E-state index in [4.69, 9.17) is 8.83 Å². The van der Waals surface area contributed by atoms with Gasteiger partial charge in [0.2, 0.25) is 17.7 Å². The summed E-state index contributed by atoms with van der Waals surface area (Å²) in [6, 6.07) is 1.79. The van der Waals surface area contributed by atoms with E-state index in [1.807, 2.05) is 13.8 Å². The van der Waals surface area contributed by atoms with Crippen LogP contribution in [-0.2, 0) is 16.0 Å². The summed E-state index contributed by atoms with van der Waals surface area (Å²) in [7, 11) is 0. The first-order chi connectivity index (χ1) is 11.0. The van der Waals surface area contributed by atoms with Gasteiger partial charge in [-0.05, 0) is 26.8 Å². The molecule has 0 aliphatic heterocycles. The second kappa shape index (κ2) is 7.57. The van der Waals surface area contributed by atoms with Crippen LogP contribution in [0.3, 0.4) is 0 Å². The number of carbonyl (C=O) groups is 2. The Morgan fingerprint density at radius 2 is 2.04 bits per heavy atom. The first-order valence-corrected chi connectivity index (χ1v) is 7.38. The number of carbonyl (C=O) groups excluding carboxylic acids is 2. The first kappa shape index (κ1) is 16.7. The lowest BCUT2D eigenvalue weighted by atomic mass is 10.2. The molecule has 2 amide bonds. The number of aromatic nitrogens is 2. The highest BCUT2D eigenvalue weighted by Crippen LogP contribution is 2.22. The molecule has 0 radical (unpaired) electrons. The number of aryl methyl sites for hydroxylation is 2. The van der Waals surface area contributed by atoms with Gasteiger partial charge in [0, 0.05) is 18.9 Å². The molecule has 23 heavy (non-hydrogen) atoms. The van der Waals surface area contributed by atoms with Gasteiger partial charge in [0.05, 0.1) is 18.4 Å². The Labute approximate surface area is 133 Å². The Morgan fingerprint density at radius 1 is 1.26 bits per heavy atom. The third-order valence-corrected chi connectivity index (χ3v) is 3.02. The number of amides is 2. The van der Waals surface area contributed by atoms with Gasteiger partial charge < -0.3 is 19.5 Å². The molecule has 0 aliphatic carbocycles. The second-order valence-corrected chi connectivity index (χ2v) is 5.39. The lowest BCUT2D eigenvalue weighted by Crippen LogP contribution is -2.39. The molecule has 0 unspecified atom stereocenters. The number of furan rings is 1. The molecule has 0 spiro atoms. The minimum Gasteiger partial charge on any atom is -0.469 e. The van der Waals surface area contributed by atoms with E-state index in [0.29, 0.717) is 24.0 Å². The number of rotatable bonds is 7. The van der Waals surface area contributed by atoms with Crippen molar-refractivity contribution in [1.82, 2.24) is 20.8 Å². The van der Waals surface area contributed by atoms with E-state index in [9.17, 15) is 9.59 Å². The van der Waals surface area contributed by atoms with E-state index >= 15 is 0 Å². The molecule has 124 valence electrons. The third-order valence-electron chi connectivity index (χ3n) is 3.02. The maximum Gasteiger partial charge on any atom is 0.251 e. The fourth-order valence-corrected chi connectivity index (χ4v) is 1.93. The van der Waals surface area contributed by atoms with E-state index in [-0.39, 0.29) is 30.8 Å². The molecule has 0 aromatic carbocycles. The van der Waals surface area contributed by atoms with Gasteiger partial charge in [-0.1, -0.05) is 0 Å². The van der Waals surface area contributed by atoms with Gasteiger partial charge >= 0.3 is 0 Å². The van der Waals surface area contributed by atoms with Crippen molar-refractivity contribution in [1.29, 1.82) is 0 Å². The monoisotopic (exact) mass is 320 g/mol. The van der Waals surface area contributed by atoms with Crippen LogP contribution in [0, 0.1) is 6.92 Å². The summed E-state index contributed by atoms with van der Waals surface area (Å²) in [5.74, 6) is 0.950. The second-order valence-electron chi connectivity index (χ2n) is 5.39. The van der Waals surface area contributed by atoms with E-state index in [1.165, 1.54) is 0 Å². The highest BCUT2D eigenvalue weighted by atomic mass is 16.4. The van der Waals surface area contributed by atoms with Crippen LogP contribution in [0.15, 0.2) is 21.2 Å². The van der Waals surface area contributed by atoms with Crippen LogP contribution in [0.25, 0.3) is 11.5 Å². The number of nitrogens with zero attached hydrogens (tertiary/aromatic N) is 2. The maximum absolute atomic E-state index is 11.7. The third kappa shape index (κ3) is 4.94. The number of nitrogens with one attached hydrogen (secondary N) is 2. The minimum absolute atomic E-state index is 0.0414. The summed E-state index contributed by atoms with van der Waals surface area (Å²) in [5.41, 5.74) is 0.735. The van der Waals surface area contributed by atoms with E-state index in [1.54, 1.807) is 19.3 Å². The molecule has 2 aromatic rings. The number of hydrogen-bond acceptors (Lipinski definition) is 6. The quantitative estimate of drug-likeness (QED) is 0.793. The molecule has 0 saturated heterocycles. The number of hydrogen-bond donors (Lipinski definition) is 2. The molecule has 8 heteroatoms. The van der Waals surface area contributed by atoms with Crippen molar-refractivity contribution in [2.24, 2.45) is 0 Å². The molecule has 0 fully saturated rings. The normalized spacial score (nSPS) is 10.8. The Morgan fingerprint density at radius 3 is 2.70 bits per heavy atom. The Balaban J connectivity index is 1.78. The molecular weight excluding hydrogens is 300 g/mol. The zero-order valence-electron chi connectivity index (χ0n) is 13.4. The van der Waals surface area contributed by atoms with Crippen LogP contribution in [-0.4, -0.2) is 34.6 Å². The zero-order chi connectivity index (χ0) is 16.8. The summed E-state index contributed by atoms with van der Waals surface area (Å²) in [4.78, 5) is 23.1. The predicted octanol–water partition coefficient (Wildman–Crippen LogP) is 1.21. The molecular formula is C15H20N4O4. The molecule has 2 rings (SSSR count). The highest BCUT2D eigenvalue weighted by molar-refractivity contribution is 5.84. The zero-order valence-corrected chi connectivity index (χ0v) is 13.4. The Bertz CT molecular complexity index is 675. The average Bonchev–Trinajstić information content (AvgIpc) is 3.10. The molecule has 2 N–H and O–H groups in total. The molecule has 0 bridgehead atoms. The largest absolute Gasteiger partial charge is 0.469 e. The van der Waals surface area contributed by atoms with Crippen LogP contribution in [0.2, 0.25) is 0 Å². The molecule has 2 heterocycles. The van der Waals surface area contributed by atoms with Gasteiger partial charge in [0.25, 0.3) is 5.89 Å². The lowest BCUT2D eigenvalue weighted by molar-refractivity contribution is -0.126. The van der Waals surface area contributed by atoms with E-state index in [0.717, 1.165) is 5.56 Å². The molecule has 2 aromatic heterocycles. The van der Waals surface area contributed by atoms with E-state index in [2.05, 4.69) is 20.8 Å². The Hall–Kier alpha value is -2.64. The first-order valence-electron chi connectivity index (χ1n) is 7.38. The summed E-state index contributed by atoms with van der Waals surface area (Å²) in [5, 5.41) is 13.1. The van der Waals surface area contributed by atoms with Crippen molar-refractivity contribution >= 4 is 11.8 Å². The van der Waals surface area contributed by atoms with Gasteiger partial charge in [-0.3, -0.25) is 9.59 Å². The van der Waals surface area contributed by atoms with Crippen molar-refractivity contribution < 1.29 is 18.4 Å². The highest BCUT2D eigenvalue weighted by Gasteiger charge is 2.14. The van der Waals surface area contributed by atoms with Crippen molar-refractivity contribution in [2.75, 3.05) is 6.54 Å². The van der Waals surface area contributed by atoms with Crippen molar-refractivity contribution in [3.63, 3.8) is 0 Å². The van der Waals surface area contributed by atoms with Crippen LogP contribution in [0.4, 0.5) is 0 Å². The van der Waals surface area contributed by atoms with Crippen LogP contribution >= 0.6 is 0 Å². The summed E-state index contributed by atoms with van der Waals surface area (Å²) >= 11 is 0. The summed E-state index contributed by atoms with van der Waals surface area (Å²) < 4.78 is 10.7. The standard InChI is InChI=1S/C15H20N4O4/c1-9(2)17-13(21)8-16-12(20)4-5-14-18-19-15(23-14)11-6-7-22-10(11)3/h6-7,9H,4-5,8H2,1-3H3,(H,16,20)(H,17,21). The van der Waals surface area contributed by atoms with Crippen LogP contribution < -0.4 is 10.6 Å². The van der Waals surface area contributed by atoms with Crippen molar-refractivity contribution in [3.05, 3.63) is 24.0 Å². The Kier molecular flexibility index (Phi) is 5.51. The van der Waals surface area contributed by atoms with Gasteiger partial charge in [-0.2, -0.15) is 0 Å². The van der Waals surface area contributed by atoms with E-state index < -0.39 is 0 Å².